The monoisotopic (exact) mass is 903 g/mol. The molecule has 0 fully saturated rings. The smallest absolute Gasteiger partial charge is 0.320 e. The highest BCUT2D eigenvalue weighted by molar-refractivity contribution is 8.68. The highest BCUT2D eigenvalue weighted by Gasteiger charge is 2.35. The highest BCUT2D eigenvalue weighted by atomic mass is 35.6. The summed E-state index contributed by atoms with van der Waals surface area (Å²) in [5.74, 6) is 0.330. The number of hydrogen-bond donors (Lipinski definition) is 1. The van der Waals surface area contributed by atoms with Crippen molar-refractivity contribution in [2.45, 2.75) is 35.2 Å². The third-order valence-corrected chi connectivity index (χ3v) is 18.4. The molecule has 0 aliphatic carbocycles. The van der Waals surface area contributed by atoms with Gasteiger partial charge >= 0.3 is 11.9 Å². The normalized spacial score (nSPS) is 11.9. The summed E-state index contributed by atoms with van der Waals surface area (Å²) < 4.78 is 38.7. The Morgan fingerprint density at radius 2 is 1.17 bits per heavy atom. The van der Waals surface area contributed by atoms with Crippen molar-refractivity contribution in [2.75, 3.05) is 68.7 Å². The first-order valence-electron chi connectivity index (χ1n) is 15.1. The van der Waals surface area contributed by atoms with Crippen LogP contribution in [0, 0.1) is 0 Å². The van der Waals surface area contributed by atoms with E-state index in [9.17, 15) is 14.4 Å². The molecule has 52 heavy (non-hydrogen) atoms. The van der Waals surface area contributed by atoms with Crippen LogP contribution in [-0.4, -0.2) is 95.6 Å². The number of carbonyl (C=O) groups excluding carboxylic acids is 3. The molecule has 1 unspecified atom stereocenters. The fraction of sp³-hybridized carbons (Fsp3) is 0.516. The van der Waals surface area contributed by atoms with Gasteiger partial charge in [0.2, 0.25) is 21.1 Å². The Kier molecular flexibility index (Phi) is 26.4. The SMILES string of the molecule is CCOC(=O)CC(SP(=S)(OC)OC)C(=O)OCC.CNC(=O)CSP(=S)(OC)OC.COc1ccc(C(c2ccc(OC)cc2)C(Cl)(Cl)Cl)cc1. The van der Waals surface area contributed by atoms with E-state index in [1.807, 2.05) is 48.5 Å². The summed E-state index contributed by atoms with van der Waals surface area (Å²) in [6, 6.07) is 15.0. The van der Waals surface area contributed by atoms with Gasteiger partial charge in [0.25, 0.3) is 0 Å². The Balaban J connectivity index is 0.000000780. The number of halogens is 3. The van der Waals surface area contributed by atoms with E-state index in [0.717, 1.165) is 34.0 Å². The van der Waals surface area contributed by atoms with Gasteiger partial charge < -0.3 is 42.4 Å². The van der Waals surface area contributed by atoms with Crippen molar-refractivity contribution in [1.29, 1.82) is 0 Å². The van der Waals surface area contributed by atoms with Crippen molar-refractivity contribution < 1.29 is 51.4 Å². The molecule has 0 aliphatic rings. The van der Waals surface area contributed by atoms with E-state index in [0.29, 0.717) is 0 Å². The number of carbonyl (C=O) groups is 3. The Morgan fingerprint density at radius 3 is 1.50 bits per heavy atom. The number of rotatable bonds is 18. The van der Waals surface area contributed by atoms with Crippen LogP contribution in [0.1, 0.15) is 37.3 Å². The van der Waals surface area contributed by atoms with Crippen LogP contribution in [0.15, 0.2) is 48.5 Å². The number of esters is 2. The van der Waals surface area contributed by atoms with Gasteiger partial charge in [-0.15, -0.1) is 0 Å². The average Bonchev–Trinajstić information content (AvgIpc) is 3.14. The predicted octanol–water partition coefficient (Wildman–Crippen LogP) is 8.31. The van der Waals surface area contributed by atoms with E-state index < -0.39 is 32.4 Å². The second kappa shape index (κ2) is 26.9. The number of amides is 1. The second-order valence-corrected chi connectivity index (χ2v) is 25.0. The second-order valence-electron chi connectivity index (χ2n) is 9.45. The molecule has 2 rings (SSSR count). The van der Waals surface area contributed by atoms with Crippen LogP contribution in [0.25, 0.3) is 0 Å². The lowest BCUT2D eigenvalue weighted by atomic mass is 9.92. The quantitative estimate of drug-likeness (QED) is 0.0872. The topological polar surface area (TPSA) is 137 Å². The summed E-state index contributed by atoms with van der Waals surface area (Å²) in [4.78, 5) is 34.1. The molecule has 1 amide bonds. The molecule has 1 N–H and O–H groups in total. The van der Waals surface area contributed by atoms with Crippen molar-refractivity contribution in [1.82, 2.24) is 5.32 Å². The van der Waals surface area contributed by atoms with Crippen LogP contribution < -0.4 is 14.8 Å². The zero-order valence-corrected chi connectivity index (χ0v) is 37.6. The van der Waals surface area contributed by atoms with E-state index in [-0.39, 0.29) is 37.2 Å². The molecule has 0 heterocycles. The molecule has 2 aromatic rings. The summed E-state index contributed by atoms with van der Waals surface area (Å²) >= 11 is 31.0. The van der Waals surface area contributed by atoms with Gasteiger partial charge in [-0.3, -0.25) is 14.4 Å². The van der Waals surface area contributed by atoms with Crippen molar-refractivity contribution in [3.63, 3.8) is 0 Å². The Morgan fingerprint density at radius 1 is 0.750 bits per heavy atom. The van der Waals surface area contributed by atoms with Crippen LogP contribution >= 0.6 is 69.0 Å². The molecular formula is C31H46Cl3NO11P2S4. The highest BCUT2D eigenvalue weighted by Crippen LogP contribution is 2.62. The lowest BCUT2D eigenvalue weighted by molar-refractivity contribution is -0.149. The summed E-state index contributed by atoms with van der Waals surface area (Å²) in [6.07, 6.45) is -0.123. The molecule has 0 spiro atoms. The zero-order chi connectivity index (χ0) is 40.0. The first kappa shape index (κ1) is 51.2. The van der Waals surface area contributed by atoms with Gasteiger partial charge in [0.15, 0.2) is 0 Å². The number of ether oxygens (including phenoxy) is 4. The maximum absolute atomic E-state index is 11.8. The summed E-state index contributed by atoms with van der Waals surface area (Å²) in [5.41, 5.74) is -3.10. The number of methoxy groups -OCH3 is 2. The van der Waals surface area contributed by atoms with Gasteiger partial charge in [-0.25, -0.2) is 0 Å². The molecule has 0 radical (unpaired) electrons. The van der Waals surface area contributed by atoms with Gasteiger partial charge in [0, 0.05) is 35.5 Å². The average molecular weight is 905 g/mol. The number of benzene rings is 2. The van der Waals surface area contributed by atoms with Gasteiger partial charge in [-0.2, -0.15) is 0 Å². The third kappa shape index (κ3) is 19.7. The number of nitrogens with one attached hydrogen (secondary N) is 1. The summed E-state index contributed by atoms with van der Waals surface area (Å²) in [6.45, 7) is 3.86. The minimum absolute atomic E-state index is 0.0803. The Labute approximate surface area is 340 Å². The molecule has 0 bridgehead atoms. The minimum Gasteiger partial charge on any atom is -0.497 e. The first-order chi connectivity index (χ1) is 24.4. The van der Waals surface area contributed by atoms with Crippen LogP contribution in [0.5, 0.6) is 11.5 Å². The first-order valence-corrected chi connectivity index (χ1v) is 24.6. The maximum atomic E-state index is 11.8. The molecule has 2 aromatic carbocycles. The van der Waals surface area contributed by atoms with Crippen molar-refractivity contribution in [3.8, 4) is 11.5 Å². The van der Waals surface area contributed by atoms with Crippen LogP contribution in [-0.2, 0) is 65.6 Å². The van der Waals surface area contributed by atoms with Crippen LogP contribution in [0.4, 0.5) is 0 Å². The molecule has 296 valence electrons. The predicted molar refractivity (Wildman–Crippen MR) is 221 cm³/mol. The summed E-state index contributed by atoms with van der Waals surface area (Å²) in [7, 11) is 10.6. The van der Waals surface area contributed by atoms with Crippen molar-refractivity contribution in [2.24, 2.45) is 0 Å². The molecule has 0 aromatic heterocycles. The molecule has 12 nitrogen and oxygen atoms in total. The molecule has 0 saturated heterocycles. The summed E-state index contributed by atoms with van der Waals surface area (Å²) in [5, 5.41) is 1.70. The van der Waals surface area contributed by atoms with Gasteiger partial charge in [0.05, 0.1) is 45.5 Å². The molecular weight excluding hydrogens is 859 g/mol. The Hall–Kier alpha value is -0.840. The van der Waals surface area contributed by atoms with Crippen molar-refractivity contribution >= 4 is 110 Å². The van der Waals surface area contributed by atoms with E-state index >= 15 is 0 Å². The molecule has 1 atom stereocenters. The maximum Gasteiger partial charge on any atom is 0.320 e. The largest absolute Gasteiger partial charge is 0.497 e. The Bertz CT molecular complexity index is 1390. The molecule has 0 saturated carbocycles. The molecule has 0 aliphatic heterocycles. The lowest BCUT2D eigenvalue weighted by Crippen LogP contribution is -2.24. The van der Waals surface area contributed by atoms with E-state index in [1.165, 1.54) is 39.8 Å². The standard InChI is InChI=1S/C16H15Cl3O2.C10H19O6PS2.C5H12NO3PS2/c1-20-13-7-3-11(4-8-13)15(16(17,18)19)12-5-9-14(21-2)10-6-12;1-5-15-9(11)7-8(10(12)16-6-2)19-17(18,13-3)14-4;1-6-5(7)4-12-10(11,8-2)9-3/h3-10,15H,1-2H3;8H,5-7H2,1-4H3;4H2,1-3H3,(H,6,7). The van der Waals surface area contributed by atoms with Crippen LogP contribution in [0.2, 0.25) is 0 Å². The van der Waals surface area contributed by atoms with Gasteiger partial charge in [0.1, 0.15) is 16.7 Å². The van der Waals surface area contributed by atoms with E-state index in [2.05, 4.69) is 5.32 Å². The lowest BCUT2D eigenvalue weighted by Gasteiger charge is -2.25. The fourth-order valence-electron chi connectivity index (χ4n) is 3.64. The number of alkyl halides is 3. The van der Waals surface area contributed by atoms with E-state index in [1.54, 1.807) is 35.1 Å². The zero-order valence-electron chi connectivity index (χ0n) is 30.3. The van der Waals surface area contributed by atoms with Crippen molar-refractivity contribution in [3.05, 3.63) is 59.7 Å². The van der Waals surface area contributed by atoms with E-state index in [4.69, 9.17) is 95.5 Å². The van der Waals surface area contributed by atoms with Gasteiger partial charge in [-0.05, 0) is 72.9 Å². The van der Waals surface area contributed by atoms with Crippen LogP contribution in [0.3, 0.4) is 0 Å². The van der Waals surface area contributed by atoms with Gasteiger partial charge in [-0.1, -0.05) is 81.8 Å². The minimum atomic E-state index is -2.65. The third-order valence-electron chi connectivity index (χ3n) is 6.22. The number of hydrogen-bond acceptors (Lipinski definition) is 15. The molecule has 21 heteroatoms. The fourth-order valence-corrected chi connectivity index (χ4v) is 11.0.